The molecule has 0 aliphatic heterocycles. The van der Waals surface area contributed by atoms with E-state index in [1.807, 2.05) is 18.2 Å². The monoisotopic (exact) mass is 425 g/mol. The van der Waals surface area contributed by atoms with E-state index in [-0.39, 0.29) is 17.1 Å². The molecular weight excluding hydrogens is 410 g/mol. The molecule has 0 aliphatic rings. The molecule has 0 spiro atoms. The molecule has 1 N–H and O–H groups in total. The summed E-state index contributed by atoms with van der Waals surface area (Å²) in [4.78, 5) is 24.3. The Bertz CT molecular complexity index is 781. The number of amides is 1. The summed E-state index contributed by atoms with van der Waals surface area (Å²) in [5.41, 5.74) is 1.02. The van der Waals surface area contributed by atoms with Crippen LogP contribution < -0.4 is 10.1 Å². The zero-order valence-electron chi connectivity index (χ0n) is 13.7. The number of carbonyl (C=O) groups excluding carboxylic acids is 2. The van der Waals surface area contributed by atoms with Crippen molar-refractivity contribution in [2.24, 2.45) is 0 Å². The molecule has 0 bridgehead atoms. The van der Waals surface area contributed by atoms with Gasteiger partial charge in [-0.05, 0) is 31.2 Å². The molecule has 2 aromatic rings. The molecular formula is C18H17BrClNO4. The largest absolute Gasteiger partial charge is 0.496 e. The minimum absolute atomic E-state index is 0.195. The van der Waals surface area contributed by atoms with E-state index in [9.17, 15) is 9.59 Å². The summed E-state index contributed by atoms with van der Waals surface area (Å²) in [5, 5.41) is 2.98. The molecule has 0 fully saturated rings. The van der Waals surface area contributed by atoms with Crippen molar-refractivity contribution in [1.82, 2.24) is 5.32 Å². The second-order valence-electron chi connectivity index (χ2n) is 5.20. The maximum atomic E-state index is 12.2. The van der Waals surface area contributed by atoms with E-state index in [0.29, 0.717) is 10.2 Å². The van der Waals surface area contributed by atoms with Crippen molar-refractivity contribution in [3.05, 3.63) is 63.1 Å². The lowest BCUT2D eigenvalue weighted by atomic mass is 10.2. The number of benzene rings is 2. The molecule has 7 heteroatoms. The Morgan fingerprint density at radius 1 is 1.24 bits per heavy atom. The molecule has 0 aromatic heterocycles. The summed E-state index contributed by atoms with van der Waals surface area (Å²) in [5.74, 6) is -0.398. The first-order chi connectivity index (χ1) is 11.9. The van der Waals surface area contributed by atoms with Gasteiger partial charge in [-0.2, -0.15) is 0 Å². The number of methoxy groups -OCH3 is 1. The third-order valence-corrected chi connectivity index (χ3v) is 4.27. The van der Waals surface area contributed by atoms with Crippen LogP contribution in [-0.4, -0.2) is 25.1 Å². The first-order valence-corrected chi connectivity index (χ1v) is 8.65. The van der Waals surface area contributed by atoms with Crippen LogP contribution in [0, 0.1) is 0 Å². The van der Waals surface area contributed by atoms with Crippen molar-refractivity contribution in [2.45, 2.75) is 19.6 Å². The molecule has 132 valence electrons. The van der Waals surface area contributed by atoms with E-state index in [1.165, 1.54) is 6.92 Å². The lowest BCUT2D eigenvalue weighted by molar-refractivity contribution is -0.129. The quantitative estimate of drug-likeness (QED) is 0.710. The van der Waals surface area contributed by atoms with E-state index in [0.717, 1.165) is 5.56 Å². The second-order valence-corrected chi connectivity index (χ2v) is 6.52. The Kier molecular flexibility index (Phi) is 6.84. The summed E-state index contributed by atoms with van der Waals surface area (Å²) in [7, 11) is 1.56. The fraction of sp³-hybridized carbons (Fsp3) is 0.222. The molecule has 1 unspecified atom stereocenters. The predicted molar refractivity (Wildman–Crippen MR) is 98.9 cm³/mol. The van der Waals surface area contributed by atoms with Crippen LogP contribution >= 0.6 is 27.5 Å². The molecule has 0 radical (unpaired) electrons. The van der Waals surface area contributed by atoms with Crippen molar-refractivity contribution in [2.75, 3.05) is 7.11 Å². The molecule has 2 rings (SSSR count). The number of rotatable bonds is 6. The Labute approximate surface area is 159 Å². The van der Waals surface area contributed by atoms with Crippen LogP contribution in [0.2, 0.25) is 5.02 Å². The van der Waals surface area contributed by atoms with Gasteiger partial charge in [0.1, 0.15) is 5.75 Å². The zero-order chi connectivity index (χ0) is 18.4. The Hall–Kier alpha value is -2.05. The van der Waals surface area contributed by atoms with Gasteiger partial charge in [-0.15, -0.1) is 0 Å². The highest BCUT2D eigenvalue weighted by Gasteiger charge is 2.21. The van der Waals surface area contributed by atoms with Crippen LogP contribution in [0.5, 0.6) is 5.75 Å². The average Bonchev–Trinajstić information content (AvgIpc) is 2.61. The number of carbonyl (C=O) groups is 2. The van der Waals surface area contributed by atoms with E-state index < -0.39 is 18.0 Å². The van der Waals surface area contributed by atoms with Gasteiger partial charge >= 0.3 is 5.97 Å². The van der Waals surface area contributed by atoms with Crippen molar-refractivity contribution >= 4 is 39.4 Å². The summed E-state index contributed by atoms with van der Waals surface area (Å²) in [6, 6.07) is 12.2. The molecule has 0 saturated carbocycles. The van der Waals surface area contributed by atoms with E-state index in [4.69, 9.17) is 21.1 Å². The third-order valence-electron chi connectivity index (χ3n) is 3.45. The van der Waals surface area contributed by atoms with Gasteiger partial charge in [-0.3, -0.25) is 4.79 Å². The highest BCUT2D eigenvalue weighted by molar-refractivity contribution is 9.10. The first kappa shape index (κ1) is 19.3. The fourth-order valence-electron chi connectivity index (χ4n) is 2.11. The number of ether oxygens (including phenoxy) is 2. The Morgan fingerprint density at radius 2 is 1.96 bits per heavy atom. The van der Waals surface area contributed by atoms with Gasteiger partial charge in [0.05, 0.1) is 17.7 Å². The highest BCUT2D eigenvalue weighted by Crippen LogP contribution is 2.22. The molecule has 0 aliphatic carbocycles. The average molecular weight is 427 g/mol. The number of para-hydroxylation sites is 1. The molecule has 25 heavy (non-hydrogen) atoms. The number of hydrogen-bond acceptors (Lipinski definition) is 4. The first-order valence-electron chi connectivity index (χ1n) is 7.48. The van der Waals surface area contributed by atoms with Crippen molar-refractivity contribution in [3.63, 3.8) is 0 Å². The van der Waals surface area contributed by atoms with Crippen LogP contribution in [0.4, 0.5) is 0 Å². The predicted octanol–water partition coefficient (Wildman–Crippen LogP) is 3.97. The van der Waals surface area contributed by atoms with Crippen molar-refractivity contribution in [1.29, 1.82) is 0 Å². The molecule has 1 amide bonds. The summed E-state index contributed by atoms with van der Waals surface area (Å²) in [6.45, 7) is 1.77. The summed E-state index contributed by atoms with van der Waals surface area (Å²) in [6.07, 6.45) is -0.961. The SMILES string of the molecule is COc1ccccc1CNC(=O)C(C)OC(=O)c1cc(Br)ccc1Cl. The van der Waals surface area contributed by atoms with Gasteiger partial charge in [0, 0.05) is 16.6 Å². The maximum absolute atomic E-state index is 12.2. The number of esters is 1. The van der Waals surface area contributed by atoms with E-state index in [2.05, 4.69) is 21.2 Å². The normalized spacial score (nSPS) is 11.5. The Morgan fingerprint density at radius 3 is 2.68 bits per heavy atom. The zero-order valence-corrected chi connectivity index (χ0v) is 16.1. The standard InChI is InChI=1S/C18H17BrClNO4/c1-11(25-18(23)14-9-13(19)7-8-15(14)20)17(22)21-10-12-5-3-4-6-16(12)24-2/h3-9,11H,10H2,1-2H3,(H,21,22). The topological polar surface area (TPSA) is 64.6 Å². The van der Waals surface area contributed by atoms with Crippen molar-refractivity contribution in [3.8, 4) is 5.75 Å². The van der Waals surface area contributed by atoms with Gasteiger partial charge in [-0.25, -0.2) is 4.79 Å². The van der Waals surface area contributed by atoms with E-state index in [1.54, 1.807) is 31.4 Å². The van der Waals surface area contributed by atoms with Crippen LogP contribution in [0.25, 0.3) is 0 Å². The molecule has 0 heterocycles. The van der Waals surface area contributed by atoms with Gasteiger partial charge in [0.25, 0.3) is 5.91 Å². The van der Waals surface area contributed by atoms with Crippen LogP contribution in [-0.2, 0) is 16.1 Å². The maximum Gasteiger partial charge on any atom is 0.340 e. The molecule has 2 aromatic carbocycles. The molecule has 5 nitrogen and oxygen atoms in total. The Balaban J connectivity index is 1.96. The van der Waals surface area contributed by atoms with Crippen molar-refractivity contribution < 1.29 is 19.1 Å². The lowest BCUT2D eigenvalue weighted by Crippen LogP contribution is -2.35. The summed E-state index contributed by atoms with van der Waals surface area (Å²) >= 11 is 9.26. The van der Waals surface area contributed by atoms with E-state index >= 15 is 0 Å². The van der Waals surface area contributed by atoms with Gasteiger partial charge in [0.15, 0.2) is 6.10 Å². The third kappa shape index (κ3) is 5.21. The summed E-state index contributed by atoms with van der Waals surface area (Å²) < 4.78 is 11.1. The smallest absolute Gasteiger partial charge is 0.340 e. The van der Waals surface area contributed by atoms with Crippen LogP contribution in [0.3, 0.4) is 0 Å². The van der Waals surface area contributed by atoms with Crippen LogP contribution in [0.15, 0.2) is 46.9 Å². The lowest BCUT2D eigenvalue weighted by Gasteiger charge is -2.15. The number of hydrogen-bond donors (Lipinski definition) is 1. The van der Waals surface area contributed by atoms with Gasteiger partial charge in [-0.1, -0.05) is 45.7 Å². The fourth-order valence-corrected chi connectivity index (χ4v) is 2.66. The van der Waals surface area contributed by atoms with Gasteiger partial charge in [0.2, 0.25) is 0 Å². The number of nitrogens with one attached hydrogen (secondary N) is 1. The van der Waals surface area contributed by atoms with Crippen LogP contribution in [0.1, 0.15) is 22.8 Å². The molecule has 0 saturated heterocycles. The minimum atomic E-state index is -0.961. The highest BCUT2D eigenvalue weighted by atomic mass is 79.9. The minimum Gasteiger partial charge on any atom is -0.496 e. The van der Waals surface area contributed by atoms with Gasteiger partial charge < -0.3 is 14.8 Å². The number of halogens is 2. The second kappa shape index (κ2) is 8.87. The molecule has 1 atom stereocenters.